The largest absolute Gasteiger partial charge is 0.508 e. The number of nitrogens with zero attached hydrogens (tertiary/aromatic N) is 3. The van der Waals surface area contributed by atoms with Crippen LogP contribution in [0.3, 0.4) is 0 Å². The molecule has 4 N–H and O–H groups in total. The molecular formula is C21H18N4O4S2. The van der Waals surface area contributed by atoms with Crippen molar-refractivity contribution in [3.05, 3.63) is 59.4 Å². The highest BCUT2D eigenvalue weighted by Gasteiger charge is 2.20. The summed E-state index contributed by atoms with van der Waals surface area (Å²) in [6, 6.07) is 11.7. The van der Waals surface area contributed by atoms with Gasteiger partial charge in [0.05, 0.1) is 21.0 Å². The maximum absolute atomic E-state index is 11.5. The fourth-order valence-electron chi connectivity index (χ4n) is 2.77. The van der Waals surface area contributed by atoms with E-state index in [0.717, 1.165) is 20.4 Å². The van der Waals surface area contributed by atoms with Crippen molar-refractivity contribution < 1.29 is 20.1 Å². The molecule has 31 heavy (non-hydrogen) atoms. The van der Waals surface area contributed by atoms with Gasteiger partial charge in [0.2, 0.25) is 0 Å². The Bertz CT molecular complexity index is 1270. The minimum atomic E-state index is -1.11. The van der Waals surface area contributed by atoms with Crippen LogP contribution < -0.4 is 5.32 Å². The van der Waals surface area contributed by atoms with Gasteiger partial charge in [0.1, 0.15) is 28.4 Å². The number of anilines is 2. The van der Waals surface area contributed by atoms with Crippen LogP contribution in [0, 0.1) is 0 Å². The number of carboxylic acids is 1. The molecule has 3 heterocycles. The van der Waals surface area contributed by atoms with Gasteiger partial charge < -0.3 is 20.6 Å². The minimum Gasteiger partial charge on any atom is -0.508 e. The predicted octanol–water partition coefficient (Wildman–Crippen LogP) is 4.61. The highest BCUT2D eigenvalue weighted by Crippen LogP contribution is 2.42. The lowest BCUT2D eigenvalue weighted by Crippen LogP contribution is -2.17. The molecule has 0 saturated heterocycles. The molecular weight excluding hydrogens is 436 g/mol. The number of carboxylic acid groups (broad SMARTS) is 1. The molecule has 8 nitrogen and oxygen atoms in total. The first-order valence-corrected chi connectivity index (χ1v) is 10.8. The Morgan fingerprint density at radius 3 is 2.55 bits per heavy atom. The molecule has 4 aromatic rings. The van der Waals surface area contributed by atoms with Crippen LogP contribution in [-0.4, -0.2) is 36.2 Å². The zero-order chi connectivity index (χ0) is 22.2. The van der Waals surface area contributed by atoms with Crippen molar-refractivity contribution in [3.8, 4) is 5.75 Å². The number of pyridine rings is 1. The van der Waals surface area contributed by atoms with Gasteiger partial charge in [-0.15, -0.1) is 11.3 Å². The fourth-order valence-corrected chi connectivity index (χ4v) is 4.89. The zero-order valence-electron chi connectivity index (χ0n) is 16.5. The SMILES string of the molecule is CC(C)(O)c1ccc2c(Nc3cc(C(=O)O)sc3Sc3ccc(O)cc3)ncnc2n1. The number of fused-ring (bicyclic) bond motifs is 1. The number of hydrogen-bond donors (Lipinski definition) is 4. The second-order valence-electron chi connectivity index (χ2n) is 7.19. The molecule has 0 atom stereocenters. The molecule has 0 bridgehead atoms. The molecule has 3 aromatic heterocycles. The molecule has 0 fully saturated rings. The van der Waals surface area contributed by atoms with Crippen LogP contribution in [-0.2, 0) is 5.60 Å². The van der Waals surface area contributed by atoms with E-state index in [4.69, 9.17) is 0 Å². The first kappa shape index (κ1) is 21.0. The second kappa shape index (κ2) is 8.14. The van der Waals surface area contributed by atoms with E-state index in [9.17, 15) is 20.1 Å². The van der Waals surface area contributed by atoms with E-state index >= 15 is 0 Å². The number of phenolic OH excluding ortho intramolecular Hbond substituents is 1. The molecule has 0 unspecified atom stereocenters. The maximum atomic E-state index is 11.5. The molecule has 10 heteroatoms. The van der Waals surface area contributed by atoms with Crippen molar-refractivity contribution in [1.82, 2.24) is 15.0 Å². The Balaban J connectivity index is 1.72. The molecule has 0 aliphatic carbocycles. The summed E-state index contributed by atoms with van der Waals surface area (Å²) < 4.78 is 0.732. The van der Waals surface area contributed by atoms with Gasteiger partial charge in [-0.05, 0) is 56.3 Å². The first-order chi connectivity index (χ1) is 14.7. The molecule has 0 aliphatic rings. The van der Waals surface area contributed by atoms with Crippen LogP contribution in [0.1, 0.15) is 29.2 Å². The third kappa shape index (κ3) is 4.61. The maximum Gasteiger partial charge on any atom is 0.345 e. The summed E-state index contributed by atoms with van der Waals surface area (Å²) in [7, 11) is 0. The highest BCUT2D eigenvalue weighted by molar-refractivity contribution is 8.01. The van der Waals surface area contributed by atoms with Crippen LogP contribution in [0.25, 0.3) is 11.0 Å². The Morgan fingerprint density at radius 1 is 1.13 bits per heavy atom. The van der Waals surface area contributed by atoms with E-state index in [1.807, 2.05) is 0 Å². The Labute approximate surface area is 185 Å². The summed E-state index contributed by atoms with van der Waals surface area (Å²) in [5.41, 5.74) is 0.382. The van der Waals surface area contributed by atoms with Gasteiger partial charge in [0.15, 0.2) is 5.65 Å². The van der Waals surface area contributed by atoms with Gasteiger partial charge in [-0.25, -0.2) is 19.7 Å². The summed E-state index contributed by atoms with van der Waals surface area (Å²) in [6.45, 7) is 3.29. The number of aromatic hydroxyl groups is 1. The first-order valence-electron chi connectivity index (χ1n) is 9.16. The normalized spacial score (nSPS) is 11.6. The van der Waals surface area contributed by atoms with Gasteiger partial charge in [-0.3, -0.25) is 0 Å². The molecule has 0 aliphatic heterocycles. The molecule has 1 aromatic carbocycles. The van der Waals surface area contributed by atoms with Crippen molar-refractivity contribution in [2.24, 2.45) is 0 Å². The van der Waals surface area contributed by atoms with Crippen LogP contribution in [0.2, 0.25) is 0 Å². The van der Waals surface area contributed by atoms with Crippen molar-refractivity contribution in [2.45, 2.75) is 28.6 Å². The standard InChI is InChI=1S/C21H18N4O4S2/c1-21(2,29)16-8-7-13-17(22-10-23-18(13)25-16)24-14-9-15(19(27)28)31-20(14)30-12-5-3-11(26)4-6-12/h3-10,26,29H,1-2H3,(H,27,28)(H,22,23,24,25). The third-order valence-corrected chi connectivity index (χ3v) is 6.66. The Kier molecular flexibility index (Phi) is 5.52. The fraction of sp³-hybridized carbons (Fsp3) is 0.143. The number of benzene rings is 1. The van der Waals surface area contributed by atoms with E-state index in [1.54, 1.807) is 56.3 Å². The van der Waals surface area contributed by atoms with E-state index in [0.29, 0.717) is 28.2 Å². The summed E-state index contributed by atoms with van der Waals surface area (Å²) in [5.74, 6) is -0.387. The van der Waals surface area contributed by atoms with Crippen LogP contribution in [0.15, 0.2) is 57.9 Å². The lowest BCUT2D eigenvalue weighted by Gasteiger charge is -2.17. The highest BCUT2D eigenvalue weighted by atomic mass is 32.2. The monoisotopic (exact) mass is 454 g/mol. The Hall–Kier alpha value is -3.21. The van der Waals surface area contributed by atoms with E-state index in [2.05, 4.69) is 20.3 Å². The number of nitrogens with one attached hydrogen (secondary N) is 1. The number of aliphatic hydroxyl groups is 1. The third-order valence-electron chi connectivity index (χ3n) is 4.33. The molecule has 0 amide bonds. The predicted molar refractivity (Wildman–Crippen MR) is 119 cm³/mol. The number of hydrogen-bond acceptors (Lipinski definition) is 9. The van der Waals surface area contributed by atoms with Crippen molar-refractivity contribution in [1.29, 1.82) is 0 Å². The average Bonchev–Trinajstić information content (AvgIpc) is 3.11. The number of thiophene rings is 1. The number of aromatic carboxylic acids is 1. The van der Waals surface area contributed by atoms with Crippen molar-refractivity contribution in [3.63, 3.8) is 0 Å². The Morgan fingerprint density at radius 2 is 1.87 bits per heavy atom. The molecule has 4 rings (SSSR count). The van der Waals surface area contributed by atoms with Gasteiger partial charge in [-0.1, -0.05) is 11.8 Å². The molecule has 0 radical (unpaired) electrons. The minimum absolute atomic E-state index is 0.158. The summed E-state index contributed by atoms with van der Waals surface area (Å²) in [5, 5.41) is 33.0. The molecule has 0 spiro atoms. The number of phenols is 1. The second-order valence-corrected chi connectivity index (χ2v) is 9.58. The topological polar surface area (TPSA) is 128 Å². The van der Waals surface area contributed by atoms with E-state index in [-0.39, 0.29) is 10.6 Å². The lowest BCUT2D eigenvalue weighted by atomic mass is 10.0. The van der Waals surface area contributed by atoms with Gasteiger partial charge in [-0.2, -0.15) is 0 Å². The van der Waals surface area contributed by atoms with Crippen LogP contribution >= 0.6 is 23.1 Å². The smallest absolute Gasteiger partial charge is 0.345 e. The van der Waals surface area contributed by atoms with E-state index in [1.165, 1.54) is 18.1 Å². The molecule has 0 saturated carbocycles. The van der Waals surface area contributed by atoms with Gasteiger partial charge >= 0.3 is 5.97 Å². The lowest BCUT2D eigenvalue weighted by molar-refractivity contribution is 0.0701. The van der Waals surface area contributed by atoms with Crippen molar-refractivity contribution in [2.75, 3.05) is 5.32 Å². The van der Waals surface area contributed by atoms with Crippen molar-refractivity contribution >= 4 is 51.6 Å². The zero-order valence-corrected chi connectivity index (χ0v) is 18.2. The summed E-state index contributed by atoms with van der Waals surface area (Å²) in [6.07, 6.45) is 1.36. The average molecular weight is 455 g/mol. The number of carbonyl (C=O) groups is 1. The summed E-state index contributed by atoms with van der Waals surface area (Å²) >= 11 is 2.52. The number of rotatable bonds is 6. The van der Waals surface area contributed by atoms with E-state index < -0.39 is 11.6 Å². The molecule has 158 valence electrons. The van der Waals surface area contributed by atoms with Crippen LogP contribution in [0.4, 0.5) is 11.5 Å². The van der Waals surface area contributed by atoms with Crippen LogP contribution in [0.5, 0.6) is 5.75 Å². The quantitative estimate of drug-likeness (QED) is 0.330. The van der Waals surface area contributed by atoms with Gasteiger partial charge in [0, 0.05) is 4.90 Å². The summed E-state index contributed by atoms with van der Waals surface area (Å²) in [4.78, 5) is 25.5. The van der Waals surface area contributed by atoms with Gasteiger partial charge in [0.25, 0.3) is 0 Å². The number of aromatic nitrogens is 3.